The zero-order valence-corrected chi connectivity index (χ0v) is 12.3. The third kappa shape index (κ3) is 3.00. The molecule has 0 radical (unpaired) electrons. The van der Waals surface area contributed by atoms with Crippen LogP contribution >= 0.6 is 0 Å². The highest BCUT2D eigenvalue weighted by molar-refractivity contribution is 6.21. The summed E-state index contributed by atoms with van der Waals surface area (Å²) in [5.41, 5.74) is 1.11. The minimum Gasteiger partial charge on any atom is -0.317 e. The molecule has 2 heterocycles. The van der Waals surface area contributed by atoms with Gasteiger partial charge in [-0.25, -0.2) is 0 Å². The summed E-state index contributed by atoms with van der Waals surface area (Å²) in [5, 5.41) is 3.37. The number of carbonyl (C=O) groups is 2. The van der Waals surface area contributed by atoms with Crippen LogP contribution in [0.4, 0.5) is 0 Å². The molecule has 0 bridgehead atoms. The molecule has 1 saturated heterocycles. The largest absolute Gasteiger partial charge is 0.317 e. The summed E-state index contributed by atoms with van der Waals surface area (Å²) in [4.78, 5) is 25.8. The molecule has 3 rings (SSSR count). The van der Waals surface area contributed by atoms with Crippen LogP contribution in [0.5, 0.6) is 0 Å². The second-order valence-electron chi connectivity index (χ2n) is 6.00. The van der Waals surface area contributed by atoms with Crippen LogP contribution in [0, 0.1) is 5.92 Å². The second-order valence-corrected chi connectivity index (χ2v) is 6.00. The van der Waals surface area contributed by atoms with Crippen molar-refractivity contribution in [1.82, 2.24) is 10.2 Å². The Hall–Kier alpha value is -1.68. The molecule has 2 aliphatic heterocycles. The monoisotopic (exact) mass is 286 g/mol. The van der Waals surface area contributed by atoms with Crippen molar-refractivity contribution in [3.05, 3.63) is 35.4 Å². The van der Waals surface area contributed by atoms with E-state index in [0.29, 0.717) is 17.7 Å². The fraction of sp³-hybridized carbons (Fsp3) is 0.529. The number of amides is 2. The van der Waals surface area contributed by atoms with Gasteiger partial charge < -0.3 is 5.32 Å². The van der Waals surface area contributed by atoms with Gasteiger partial charge in [-0.1, -0.05) is 25.0 Å². The highest BCUT2D eigenvalue weighted by Crippen LogP contribution is 2.24. The zero-order chi connectivity index (χ0) is 14.7. The van der Waals surface area contributed by atoms with Gasteiger partial charge in [0.15, 0.2) is 0 Å². The van der Waals surface area contributed by atoms with E-state index < -0.39 is 0 Å². The lowest BCUT2D eigenvalue weighted by Crippen LogP contribution is -2.31. The first-order chi connectivity index (χ1) is 10.3. The molecule has 0 aliphatic carbocycles. The maximum absolute atomic E-state index is 12.2. The Bertz CT molecular complexity index is 500. The van der Waals surface area contributed by atoms with Gasteiger partial charge in [0.05, 0.1) is 11.1 Å². The van der Waals surface area contributed by atoms with Gasteiger partial charge in [-0.05, 0) is 50.4 Å². The molecule has 1 N–H and O–H groups in total. The van der Waals surface area contributed by atoms with Gasteiger partial charge in [0.1, 0.15) is 0 Å². The third-order valence-corrected chi connectivity index (χ3v) is 4.58. The molecule has 4 nitrogen and oxygen atoms in total. The van der Waals surface area contributed by atoms with Crippen LogP contribution in [0.15, 0.2) is 24.3 Å². The van der Waals surface area contributed by atoms with E-state index in [4.69, 9.17) is 0 Å². The number of unbranched alkanes of at least 4 members (excludes halogenated alkanes) is 1. The average Bonchev–Trinajstić information content (AvgIpc) is 2.77. The molecule has 0 spiro atoms. The maximum atomic E-state index is 12.2. The van der Waals surface area contributed by atoms with Crippen molar-refractivity contribution in [1.29, 1.82) is 0 Å². The number of benzene rings is 1. The van der Waals surface area contributed by atoms with E-state index in [9.17, 15) is 9.59 Å². The molecule has 0 saturated carbocycles. The van der Waals surface area contributed by atoms with Crippen molar-refractivity contribution in [2.75, 3.05) is 19.6 Å². The first-order valence-electron chi connectivity index (χ1n) is 7.93. The third-order valence-electron chi connectivity index (χ3n) is 4.58. The van der Waals surface area contributed by atoms with E-state index in [2.05, 4.69) is 5.32 Å². The van der Waals surface area contributed by atoms with Gasteiger partial charge in [-0.2, -0.15) is 0 Å². The molecule has 2 amide bonds. The molecule has 21 heavy (non-hydrogen) atoms. The van der Waals surface area contributed by atoms with Gasteiger partial charge in [0, 0.05) is 6.54 Å². The molecule has 0 unspecified atom stereocenters. The van der Waals surface area contributed by atoms with Crippen molar-refractivity contribution in [2.24, 2.45) is 5.92 Å². The molecule has 1 fully saturated rings. The maximum Gasteiger partial charge on any atom is 0.261 e. The van der Waals surface area contributed by atoms with Crippen LogP contribution in [0.3, 0.4) is 0 Å². The number of fused-ring (bicyclic) bond motifs is 1. The van der Waals surface area contributed by atoms with E-state index in [-0.39, 0.29) is 11.8 Å². The molecular weight excluding hydrogens is 264 g/mol. The molecule has 0 aromatic heterocycles. The molecule has 2 aliphatic rings. The van der Waals surface area contributed by atoms with Gasteiger partial charge in [0.2, 0.25) is 0 Å². The van der Waals surface area contributed by atoms with Crippen LogP contribution in [-0.2, 0) is 0 Å². The zero-order valence-electron chi connectivity index (χ0n) is 12.3. The molecule has 4 heteroatoms. The Balaban J connectivity index is 1.48. The fourth-order valence-corrected chi connectivity index (χ4v) is 3.32. The SMILES string of the molecule is O=C1c2ccccc2C(=O)N1CCCCC1CCNCC1. The molecule has 1 aromatic rings. The normalized spacial score (nSPS) is 19.1. The van der Waals surface area contributed by atoms with Crippen molar-refractivity contribution < 1.29 is 9.59 Å². The summed E-state index contributed by atoms with van der Waals surface area (Å²) in [5.74, 6) is 0.559. The number of nitrogens with zero attached hydrogens (tertiary/aromatic N) is 1. The van der Waals surface area contributed by atoms with Crippen LogP contribution in [-0.4, -0.2) is 36.3 Å². The standard InChI is InChI=1S/C17H22N2O2/c20-16-14-6-1-2-7-15(14)17(21)19(16)12-4-3-5-13-8-10-18-11-9-13/h1-2,6-7,13,18H,3-5,8-12H2. The van der Waals surface area contributed by atoms with Gasteiger partial charge in [-0.15, -0.1) is 0 Å². The lowest BCUT2D eigenvalue weighted by Gasteiger charge is -2.22. The number of hydrogen-bond acceptors (Lipinski definition) is 3. The summed E-state index contributed by atoms with van der Waals surface area (Å²) in [6.07, 6.45) is 5.73. The topological polar surface area (TPSA) is 49.4 Å². The quantitative estimate of drug-likeness (QED) is 0.668. The summed E-state index contributed by atoms with van der Waals surface area (Å²) in [7, 11) is 0. The fourth-order valence-electron chi connectivity index (χ4n) is 3.32. The van der Waals surface area contributed by atoms with Gasteiger partial charge in [0.25, 0.3) is 11.8 Å². The Labute approximate surface area is 125 Å². The van der Waals surface area contributed by atoms with Gasteiger partial charge in [-0.3, -0.25) is 14.5 Å². The van der Waals surface area contributed by atoms with Crippen molar-refractivity contribution in [2.45, 2.75) is 32.1 Å². The Morgan fingerprint density at radius 3 is 2.24 bits per heavy atom. The molecule has 0 atom stereocenters. The van der Waals surface area contributed by atoms with Crippen LogP contribution in [0.25, 0.3) is 0 Å². The number of carbonyl (C=O) groups excluding carboxylic acids is 2. The summed E-state index contributed by atoms with van der Waals surface area (Å²) in [6, 6.07) is 7.10. The van der Waals surface area contributed by atoms with Crippen molar-refractivity contribution >= 4 is 11.8 Å². The van der Waals surface area contributed by atoms with Crippen molar-refractivity contribution in [3.8, 4) is 0 Å². The smallest absolute Gasteiger partial charge is 0.261 e. The number of nitrogens with one attached hydrogen (secondary N) is 1. The highest BCUT2D eigenvalue weighted by Gasteiger charge is 2.34. The van der Waals surface area contributed by atoms with Crippen molar-refractivity contribution in [3.63, 3.8) is 0 Å². The van der Waals surface area contributed by atoms with E-state index >= 15 is 0 Å². The second kappa shape index (κ2) is 6.39. The lowest BCUT2D eigenvalue weighted by atomic mass is 9.92. The number of hydrogen-bond donors (Lipinski definition) is 1. The minimum absolute atomic E-state index is 0.127. The number of rotatable bonds is 5. The molecule has 112 valence electrons. The van der Waals surface area contributed by atoms with E-state index in [1.54, 1.807) is 12.1 Å². The van der Waals surface area contributed by atoms with E-state index in [1.165, 1.54) is 24.2 Å². The lowest BCUT2D eigenvalue weighted by molar-refractivity contribution is 0.0651. The number of imide groups is 1. The molecular formula is C17H22N2O2. The van der Waals surface area contributed by atoms with E-state index in [1.807, 2.05) is 12.1 Å². The predicted molar refractivity (Wildman–Crippen MR) is 81.3 cm³/mol. The summed E-state index contributed by atoms with van der Waals surface area (Å²) < 4.78 is 0. The number of piperidine rings is 1. The Morgan fingerprint density at radius 2 is 1.62 bits per heavy atom. The Morgan fingerprint density at radius 1 is 1.00 bits per heavy atom. The van der Waals surface area contributed by atoms with Crippen LogP contribution in [0.1, 0.15) is 52.8 Å². The highest BCUT2D eigenvalue weighted by atomic mass is 16.2. The Kier molecular flexibility index (Phi) is 4.34. The predicted octanol–water partition coefficient (Wildman–Crippen LogP) is 2.45. The van der Waals surface area contributed by atoms with Crippen LogP contribution < -0.4 is 5.32 Å². The molecule has 1 aromatic carbocycles. The first-order valence-corrected chi connectivity index (χ1v) is 7.93. The first kappa shape index (κ1) is 14.3. The van der Waals surface area contributed by atoms with E-state index in [0.717, 1.165) is 31.8 Å². The summed E-state index contributed by atoms with van der Waals surface area (Å²) >= 11 is 0. The van der Waals surface area contributed by atoms with Crippen LogP contribution in [0.2, 0.25) is 0 Å². The summed E-state index contributed by atoms with van der Waals surface area (Å²) in [6.45, 7) is 2.81. The average molecular weight is 286 g/mol. The minimum atomic E-state index is -0.127. The van der Waals surface area contributed by atoms with Gasteiger partial charge >= 0.3 is 0 Å².